The van der Waals surface area contributed by atoms with E-state index in [2.05, 4.69) is 5.32 Å². The Balaban J connectivity index is 1.92. The second kappa shape index (κ2) is 8.34. The number of aliphatic hydroxyl groups is 1. The van der Waals surface area contributed by atoms with Crippen molar-refractivity contribution in [3.8, 4) is 5.75 Å². The van der Waals surface area contributed by atoms with Gasteiger partial charge in [0, 0.05) is 6.61 Å². The molecule has 2 aromatic rings. The van der Waals surface area contributed by atoms with Crippen LogP contribution in [0.25, 0.3) is 0 Å². The maximum absolute atomic E-state index is 12.1. The third kappa shape index (κ3) is 5.11. The Labute approximate surface area is 137 Å². The number of benzene rings is 2. The molecule has 1 amide bonds. The highest BCUT2D eigenvalue weighted by atomic mass is 16.5. The average Bonchev–Trinajstić information content (AvgIpc) is 2.56. The van der Waals surface area contributed by atoms with Gasteiger partial charge in [-0.05, 0) is 49.1 Å². The number of ether oxygens (including phenoxy) is 1. The molecule has 0 aromatic heterocycles. The highest BCUT2D eigenvalue weighted by molar-refractivity contribution is 5.78. The Morgan fingerprint density at radius 1 is 1.13 bits per heavy atom. The molecule has 4 nitrogen and oxygen atoms in total. The number of amides is 1. The first kappa shape index (κ1) is 17.0. The molecule has 0 spiro atoms. The standard InChI is InChI=1S/C19H23NO3/c1-14-8-9-17(12-15(14)2)23-13-19(22)20-18(10-11-21)16-6-4-3-5-7-16/h3-9,12,18,21H,10-11,13H2,1-2H3,(H,20,22). The number of aryl methyl sites for hydroxylation is 2. The lowest BCUT2D eigenvalue weighted by Gasteiger charge is -2.18. The molecule has 0 bridgehead atoms. The van der Waals surface area contributed by atoms with E-state index in [1.54, 1.807) is 0 Å². The van der Waals surface area contributed by atoms with Gasteiger partial charge in [-0.2, -0.15) is 0 Å². The number of nitrogens with one attached hydrogen (secondary N) is 1. The summed E-state index contributed by atoms with van der Waals surface area (Å²) >= 11 is 0. The van der Waals surface area contributed by atoms with Gasteiger partial charge >= 0.3 is 0 Å². The Morgan fingerprint density at radius 3 is 2.52 bits per heavy atom. The first-order valence-corrected chi connectivity index (χ1v) is 7.75. The molecule has 122 valence electrons. The van der Waals surface area contributed by atoms with Crippen LogP contribution in [0.5, 0.6) is 5.75 Å². The predicted molar refractivity (Wildman–Crippen MR) is 90.4 cm³/mol. The zero-order valence-corrected chi connectivity index (χ0v) is 13.6. The Morgan fingerprint density at radius 2 is 1.87 bits per heavy atom. The largest absolute Gasteiger partial charge is 0.484 e. The molecule has 0 aliphatic carbocycles. The summed E-state index contributed by atoms with van der Waals surface area (Å²) in [6.07, 6.45) is 0.472. The van der Waals surface area contributed by atoms with E-state index in [4.69, 9.17) is 4.74 Å². The summed E-state index contributed by atoms with van der Waals surface area (Å²) in [5, 5.41) is 12.1. The lowest BCUT2D eigenvalue weighted by atomic mass is 10.0. The van der Waals surface area contributed by atoms with Gasteiger partial charge in [0.15, 0.2) is 6.61 Å². The number of hydrogen-bond donors (Lipinski definition) is 2. The van der Waals surface area contributed by atoms with Gasteiger partial charge in [0.25, 0.3) is 5.91 Å². The third-order valence-electron chi connectivity index (χ3n) is 3.80. The monoisotopic (exact) mass is 313 g/mol. The molecular formula is C19H23NO3. The van der Waals surface area contributed by atoms with E-state index in [1.165, 1.54) is 5.56 Å². The van der Waals surface area contributed by atoms with Crippen LogP contribution in [-0.2, 0) is 4.79 Å². The SMILES string of the molecule is Cc1ccc(OCC(=O)NC(CCO)c2ccccc2)cc1C. The molecule has 23 heavy (non-hydrogen) atoms. The van der Waals surface area contributed by atoms with Crippen molar-refractivity contribution in [2.75, 3.05) is 13.2 Å². The van der Waals surface area contributed by atoms with Crippen molar-refractivity contribution in [1.29, 1.82) is 0 Å². The number of carbonyl (C=O) groups is 1. The van der Waals surface area contributed by atoms with Crippen LogP contribution < -0.4 is 10.1 Å². The maximum Gasteiger partial charge on any atom is 0.258 e. The molecule has 0 aliphatic heterocycles. The van der Waals surface area contributed by atoms with E-state index in [-0.39, 0.29) is 25.2 Å². The minimum Gasteiger partial charge on any atom is -0.484 e. The number of aliphatic hydroxyl groups excluding tert-OH is 1. The van der Waals surface area contributed by atoms with Crippen LogP contribution in [-0.4, -0.2) is 24.2 Å². The molecule has 1 unspecified atom stereocenters. The van der Waals surface area contributed by atoms with Crippen molar-refractivity contribution in [3.63, 3.8) is 0 Å². The smallest absolute Gasteiger partial charge is 0.258 e. The van der Waals surface area contributed by atoms with Gasteiger partial charge in [0.05, 0.1) is 6.04 Å². The molecule has 0 fully saturated rings. The van der Waals surface area contributed by atoms with Crippen molar-refractivity contribution in [1.82, 2.24) is 5.32 Å². The van der Waals surface area contributed by atoms with Crippen molar-refractivity contribution < 1.29 is 14.6 Å². The molecule has 0 saturated heterocycles. The molecule has 0 saturated carbocycles. The normalized spacial score (nSPS) is 11.8. The second-order valence-corrected chi connectivity index (χ2v) is 5.58. The molecule has 1 atom stereocenters. The van der Waals surface area contributed by atoms with Crippen LogP contribution in [0, 0.1) is 13.8 Å². The fourth-order valence-electron chi connectivity index (χ4n) is 2.33. The average molecular weight is 313 g/mol. The number of carbonyl (C=O) groups excluding carboxylic acids is 1. The molecular weight excluding hydrogens is 290 g/mol. The summed E-state index contributed by atoms with van der Waals surface area (Å²) in [7, 11) is 0. The van der Waals surface area contributed by atoms with Crippen molar-refractivity contribution in [3.05, 3.63) is 65.2 Å². The highest BCUT2D eigenvalue weighted by Crippen LogP contribution is 2.17. The van der Waals surface area contributed by atoms with E-state index in [9.17, 15) is 9.90 Å². The summed E-state index contributed by atoms with van der Waals surface area (Å²) in [6, 6.07) is 15.2. The van der Waals surface area contributed by atoms with Crippen molar-refractivity contribution in [2.45, 2.75) is 26.3 Å². The Bertz CT molecular complexity index is 640. The second-order valence-electron chi connectivity index (χ2n) is 5.58. The predicted octanol–water partition coefficient (Wildman–Crippen LogP) is 2.92. The van der Waals surface area contributed by atoms with Gasteiger partial charge < -0.3 is 15.2 Å². The van der Waals surface area contributed by atoms with Crippen molar-refractivity contribution in [2.24, 2.45) is 0 Å². The van der Waals surface area contributed by atoms with E-state index in [1.807, 2.05) is 62.4 Å². The van der Waals surface area contributed by atoms with Crippen LogP contribution in [0.2, 0.25) is 0 Å². The lowest BCUT2D eigenvalue weighted by Crippen LogP contribution is -2.33. The molecule has 0 aliphatic rings. The van der Waals surface area contributed by atoms with Crippen LogP contribution in [0.15, 0.2) is 48.5 Å². The molecule has 0 radical (unpaired) electrons. The van der Waals surface area contributed by atoms with Gasteiger partial charge in [0.1, 0.15) is 5.75 Å². The third-order valence-corrected chi connectivity index (χ3v) is 3.80. The minimum absolute atomic E-state index is 0.0118. The van der Waals surface area contributed by atoms with Gasteiger partial charge in [-0.3, -0.25) is 4.79 Å². The van der Waals surface area contributed by atoms with Crippen molar-refractivity contribution >= 4 is 5.91 Å². The fraction of sp³-hybridized carbons (Fsp3) is 0.316. The maximum atomic E-state index is 12.1. The zero-order chi connectivity index (χ0) is 16.7. The summed E-state index contributed by atoms with van der Waals surface area (Å²) in [6.45, 7) is 4.01. The number of rotatable bonds is 7. The summed E-state index contributed by atoms with van der Waals surface area (Å²) in [4.78, 5) is 12.1. The van der Waals surface area contributed by atoms with Crippen LogP contribution in [0.3, 0.4) is 0 Å². The topological polar surface area (TPSA) is 58.6 Å². The Kier molecular flexibility index (Phi) is 6.18. The van der Waals surface area contributed by atoms with Gasteiger partial charge in [-0.1, -0.05) is 36.4 Å². The highest BCUT2D eigenvalue weighted by Gasteiger charge is 2.14. The van der Waals surface area contributed by atoms with Gasteiger partial charge in [-0.15, -0.1) is 0 Å². The van der Waals surface area contributed by atoms with Crippen LogP contribution in [0.1, 0.15) is 29.2 Å². The summed E-state index contributed by atoms with van der Waals surface area (Å²) in [5.74, 6) is 0.479. The van der Waals surface area contributed by atoms with Gasteiger partial charge in [0.2, 0.25) is 0 Å². The molecule has 0 heterocycles. The molecule has 4 heteroatoms. The quantitative estimate of drug-likeness (QED) is 0.826. The summed E-state index contributed by atoms with van der Waals surface area (Å²) in [5.41, 5.74) is 3.29. The van der Waals surface area contributed by atoms with E-state index < -0.39 is 0 Å². The van der Waals surface area contributed by atoms with E-state index >= 15 is 0 Å². The summed E-state index contributed by atoms with van der Waals surface area (Å²) < 4.78 is 5.54. The number of hydrogen-bond acceptors (Lipinski definition) is 3. The zero-order valence-electron chi connectivity index (χ0n) is 13.6. The molecule has 2 N–H and O–H groups in total. The van der Waals surface area contributed by atoms with E-state index in [0.717, 1.165) is 11.1 Å². The molecule has 2 rings (SSSR count). The first-order valence-electron chi connectivity index (χ1n) is 7.75. The van der Waals surface area contributed by atoms with Gasteiger partial charge in [-0.25, -0.2) is 0 Å². The minimum atomic E-state index is -0.211. The lowest BCUT2D eigenvalue weighted by molar-refractivity contribution is -0.123. The Hall–Kier alpha value is -2.33. The molecule has 2 aromatic carbocycles. The van der Waals surface area contributed by atoms with Crippen LogP contribution in [0.4, 0.5) is 0 Å². The van der Waals surface area contributed by atoms with E-state index in [0.29, 0.717) is 12.2 Å². The van der Waals surface area contributed by atoms with Crippen LogP contribution >= 0.6 is 0 Å². The first-order chi connectivity index (χ1) is 11.1. The fourth-order valence-corrected chi connectivity index (χ4v) is 2.33.